The van der Waals surface area contributed by atoms with Crippen molar-refractivity contribution in [3.8, 4) is 17.0 Å². The molecule has 1 atom stereocenters. The zero-order valence-electron chi connectivity index (χ0n) is 23.1. The van der Waals surface area contributed by atoms with Crippen molar-refractivity contribution >= 4 is 29.2 Å². The van der Waals surface area contributed by atoms with E-state index in [1.165, 1.54) is 22.5 Å². The Bertz CT molecular complexity index is 1410. The molecule has 0 fully saturated rings. The zero-order chi connectivity index (χ0) is 28.1. The van der Waals surface area contributed by atoms with Gasteiger partial charge in [-0.15, -0.1) is 5.10 Å². The molecule has 1 unspecified atom stereocenters. The normalized spacial score (nSPS) is 12.6. The van der Waals surface area contributed by atoms with Gasteiger partial charge in [0.25, 0.3) is 0 Å². The number of halogens is 1. The van der Waals surface area contributed by atoms with Crippen LogP contribution in [0.3, 0.4) is 0 Å². The van der Waals surface area contributed by atoms with Crippen LogP contribution in [0, 0.1) is 12.7 Å². The molecule has 3 heterocycles. The number of fused-ring (bicyclic) bond motifs is 1. The SMILES string of the molecule is CCOC(C)n1cc(-c2ncn3nc(Nc4cc(C)c(SN(C)CCCO)cc4F)nc3c2OC(C)C)cn1. The van der Waals surface area contributed by atoms with E-state index in [0.717, 1.165) is 16.0 Å². The molecule has 0 saturated carbocycles. The van der Waals surface area contributed by atoms with Crippen LogP contribution in [0.2, 0.25) is 0 Å². The first kappa shape index (κ1) is 28.7. The van der Waals surface area contributed by atoms with E-state index < -0.39 is 5.82 Å². The topological polar surface area (TPSA) is 115 Å². The number of aliphatic hydroxyl groups is 1. The molecule has 0 spiro atoms. The Morgan fingerprint density at radius 1 is 1.26 bits per heavy atom. The predicted molar refractivity (Wildman–Crippen MR) is 149 cm³/mol. The Kier molecular flexibility index (Phi) is 9.38. The lowest BCUT2D eigenvalue weighted by Gasteiger charge is -2.17. The molecule has 1 aromatic carbocycles. The van der Waals surface area contributed by atoms with E-state index in [9.17, 15) is 0 Å². The number of aromatic nitrogens is 6. The summed E-state index contributed by atoms with van der Waals surface area (Å²) in [5.74, 6) is 0.235. The Labute approximate surface area is 231 Å². The number of hydrogen-bond donors (Lipinski definition) is 2. The quantitative estimate of drug-likeness (QED) is 0.221. The molecule has 0 saturated heterocycles. The standard InChI is InChI=1S/C26H35FN8O3S/c1-7-37-18(5)34-14-19(13-29-34)23-24(38-16(2)3)25-31-26(32-35(25)15-28-23)30-21-11-17(4)22(12-20(21)27)39-33(6)9-8-10-36/h11-16,18,36H,7-10H2,1-6H3,(H,30,32). The molecule has 210 valence electrons. The number of hydrogen-bond acceptors (Lipinski definition) is 10. The first-order valence-corrected chi connectivity index (χ1v) is 13.6. The third-order valence-electron chi connectivity index (χ3n) is 5.75. The highest BCUT2D eigenvalue weighted by Crippen LogP contribution is 2.34. The first-order valence-electron chi connectivity index (χ1n) is 12.8. The summed E-state index contributed by atoms with van der Waals surface area (Å²) >= 11 is 1.44. The lowest BCUT2D eigenvalue weighted by molar-refractivity contribution is 0.0160. The van der Waals surface area contributed by atoms with E-state index in [1.54, 1.807) is 23.3 Å². The molecule has 0 aliphatic heterocycles. The molecule has 0 aliphatic carbocycles. The molecule has 13 heteroatoms. The number of rotatable bonds is 13. The number of nitrogens with zero attached hydrogens (tertiary/aromatic N) is 7. The predicted octanol–water partition coefficient (Wildman–Crippen LogP) is 4.84. The summed E-state index contributed by atoms with van der Waals surface area (Å²) in [6.07, 6.45) is 5.37. The minimum Gasteiger partial charge on any atom is -0.485 e. The smallest absolute Gasteiger partial charge is 0.247 e. The zero-order valence-corrected chi connectivity index (χ0v) is 23.9. The van der Waals surface area contributed by atoms with Crippen LogP contribution < -0.4 is 10.1 Å². The average molecular weight is 559 g/mol. The van der Waals surface area contributed by atoms with Gasteiger partial charge in [0.1, 0.15) is 24.1 Å². The molecule has 0 aliphatic rings. The molecular weight excluding hydrogens is 523 g/mol. The lowest BCUT2D eigenvalue weighted by atomic mass is 10.2. The van der Waals surface area contributed by atoms with E-state index in [-0.39, 0.29) is 30.6 Å². The molecule has 2 N–H and O–H groups in total. The van der Waals surface area contributed by atoms with E-state index in [0.29, 0.717) is 36.7 Å². The highest BCUT2D eigenvalue weighted by atomic mass is 32.2. The molecule has 0 bridgehead atoms. The summed E-state index contributed by atoms with van der Waals surface area (Å²) < 4.78 is 32.0. The third-order valence-corrected chi connectivity index (χ3v) is 6.88. The molecule has 0 amide bonds. The van der Waals surface area contributed by atoms with Crippen molar-refractivity contribution in [3.05, 3.63) is 42.2 Å². The summed E-state index contributed by atoms with van der Waals surface area (Å²) in [5.41, 5.74) is 2.91. The fourth-order valence-electron chi connectivity index (χ4n) is 3.90. The van der Waals surface area contributed by atoms with Gasteiger partial charge in [-0.3, -0.25) is 0 Å². The van der Waals surface area contributed by atoms with Crippen LogP contribution in [0.15, 0.2) is 35.7 Å². The second kappa shape index (κ2) is 12.7. The average Bonchev–Trinajstić information content (AvgIpc) is 3.53. The van der Waals surface area contributed by atoms with Gasteiger partial charge in [0.15, 0.2) is 5.75 Å². The van der Waals surface area contributed by atoms with Crippen molar-refractivity contribution in [3.63, 3.8) is 0 Å². The lowest BCUT2D eigenvalue weighted by Crippen LogP contribution is -2.12. The minimum absolute atomic E-state index is 0.116. The largest absolute Gasteiger partial charge is 0.485 e. The summed E-state index contributed by atoms with van der Waals surface area (Å²) in [5, 5.41) is 20.9. The number of anilines is 2. The summed E-state index contributed by atoms with van der Waals surface area (Å²) in [6.45, 7) is 11.0. The summed E-state index contributed by atoms with van der Waals surface area (Å²) in [6, 6.07) is 3.22. The van der Waals surface area contributed by atoms with Crippen molar-refractivity contribution in [1.82, 2.24) is 33.7 Å². The highest BCUT2D eigenvalue weighted by molar-refractivity contribution is 7.97. The molecular formula is C26H35FN8O3S. The van der Waals surface area contributed by atoms with E-state index in [1.807, 2.05) is 52.2 Å². The van der Waals surface area contributed by atoms with Gasteiger partial charge >= 0.3 is 0 Å². The number of aliphatic hydroxyl groups excluding tert-OH is 1. The third kappa shape index (κ3) is 6.85. The Hall–Kier alpha value is -3.26. The van der Waals surface area contributed by atoms with Gasteiger partial charge < -0.3 is 19.9 Å². The Morgan fingerprint density at radius 3 is 2.77 bits per heavy atom. The maximum atomic E-state index is 15.1. The maximum absolute atomic E-state index is 15.1. The van der Waals surface area contributed by atoms with Gasteiger partial charge in [-0.25, -0.2) is 18.4 Å². The van der Waals surface area contributed by atoms with Gasteiger partial charge in [-0.2, -0.15) is 14.6 Å². The van der Waals surface area contributed by atoms with Crippen LogP contribution in [0.25, 0.3) is 16.9 Å². The Balaban J connectivity index is 1.64. The number of benzene rings is 1. The number of aryl methyl sites for hydroxylation is 1. The molecule has 4 aromatic rings. The molecule has 4 rings (SSSR count). The number of ether oxygens (including phenoxy) is 2. The van der Waals surface area contributed by atoms with E-state index in [2.05, 4.69) is 25.5 Å². The summed E-state index contributed by atoms with van der Waals surface area (Å²) in [7, 11) is 1.91. The summed E-state index contributed by atoms with van der Waals surface area (Å²) in [4.78, 5) is 9.99. The van der Waals surface area contributed by atoms with Crippen LogP contribution in [-0.2, 0) is 4.74 Å². The monoisotopic (exact) mass is 558 g/mol. The molecule has 39 heavy (non-hydrogen) atoms. The van der Waals surface area contributed by atoms with Crippen molar-refractivity contribution in [2.45, 2.75) is 58.3 Å². The second-order valence-corrected chi connectivity index (χ2v) is 10.5. The van der Waals surface area contributed by atoms with Crippen molar-refractivity contribution < 1.29 is 19.0 Å². The van der Waals surface area contributed by atoms with Crippen LogP contribution >= 0.6 is 11.9 Å². The number of nitrogens with one attached hydrogen (secondary N) is 1. The van der Waals surface area contributed by atoms with Gasteiger partial charge in [0.2, 0.25) is 11.6 Å². The van der Waals surface area contributed by atoms with Gasteiger partial charge in [-0.1, -0.05) is 0 Å². The van der Waals surface area contributed by atoms with Crippen LogP contribution in [0.1, 0.15) is 45.9 Å². The second-order valence-electron chi connectivity index (χ2n) is 9.30. The van der Waals surface area contributed by atoms with Crippen LogP contribution in [0.5, 0.6) is 5.75 Å². The van der Waals surface area contributed by atoms with Gasteiger partial charge in [0.05, 0.1) is 18.0 Å². The van der Waals surface area contributed by atoms with E-state index >= 15 is 4.39 Å². The Morgan fingerprint density at radius 2 is 2.05 bits per heavy atom. The van der Waals surface area contributed by atoms with Crippen molar-refractivity contribution in [2.24, 2.45) is 0 Å². The van der Waals surface area contributed by atoms with Crippen LogP contribution in [-0.4, -0.2) is 71.7 Å². The van der Waals surface area contributed by atoms with Gasteiger partial charge in [0, 0.05) is 36.4 Å². The van der Waals surface area contributed by atoms with Crippen molar-refractivity contribution in [1.29, 1.82) is 0 Å². The maximum Gasteiger partial charge on any atom is 0.247 e. The minimum atomic E-state index is -0.425. The van der Waals surface area contributed by atoms with Crippen molar-refractivity contribution in [2.75, 3.05) is 32.1 Å². The highest BCUT2D eigenvalue weighted by Gasteiger charge is 2.21. The fraction of sp³-hybridized carbons (Fsp3) is 0.462. The van der Waals surface area contributed by atoms with Crippen LogP contribution in [0.4, 0.5) is 16.0 Å². The molecule has 3 aromatic heterocycles. The first-order chi connectivity index (χ1) is 18.7. The van der Waals surface area contributed by atoms with E-state index in [4.69, 9.17) is 14.6 Å². The van der Waals surface area contributed by atoms with Gasteiger partial charge in [-0.05, 0) is 77.7 Å². The fourth-order valence-corrected chi connectivity index (χ4v) is 4.82. The molecule has 0 radical (unpaired) electrons. The molecule has 11 nitrogen and oxygen atoms in total.